The first-order valence-corrected chi connectivity index (χ1v) is 7.03. The topological polar surface area (TPSA) is 12.0 Å². The van der Waals surface area contributed by atoms with Gasteiger partial charge < -0.3 is 5.32 Å². The summed E-state index contributed by atoms with van der Waals surface area (Å²) in [7, 11) is 0. The van der Waals surface area contributed by atoms with Gasteiger partial charge in [-0.15, -0.1) is 0 Å². The SMILES string of the molecule is CCCNC(c1ccccc1C)C(C)C1CC1. The maximum absolute atomic E-state index is 3.75. The van der Waals surface area contributed by atoms with Crippen LogP contribution in [0.2, 0.25) is 0 Å². The molecule has 0 spiro atoms. The standard InChI is InChI=1S/C16H25N/c1-4-11-17-16(13(3)14-9-10-14)15-8-6-5-7-12(15)2/h5-8,13-14,16-17H,4,9-11H2,1-3H3. The number of hydrogen-bond donors (Lipinski definition) is 1. The Balaban J connectivity index is 2.16. The van der Waals surface area contributed by atoms with E-state index in [0.717, 1.165) is 18.4 Å². The van der Waals surface area contributed by atoms with Gasteiger partial charge in [0.2, 0.25) is 0 Å². The first-order valence-electron chi connectivity index (χ1n) is 7.03. The molecule has 1 aliphatic carbocycles. The smallest absolute Gasteiger partial charge is 0.0351 e. The van der Waals surface area contributed by atoms with Gasteiger partial charge >= 0.3 is 0 Å². The third kappa shape index (κ3) is 3.10. The molecule has 1 nitrogen and oxygen atoms in total. The van der Waals surface area contributed by atoms with Crippen molar-refractivity contribution >= 4 is 0 Å². The zero-order chi connectivity index (χ0) is 12.3. The lowest BCUT2D eigenvalue weighted by Gasteiger charge is -2.27. The van der Waals surface area contributed by atoms with Crippen LogP contribution in [0.3, 0.4) is 0 Å². The summed E-state index contributed by atoms with van der Waals surface area (Å²) >= 11 is 0. The summed E-state index contributed by atoms with van der Waals surface area (Å²) in [5.74, 6) is 1.71. The molecular formula is C16H25N. The lowest BCUT2D eigenvalue weighted by Crippen LogP contribution is -2.29. The van der Waals surface area contributed by atoms with Crippen molar-refractivity contribution in [2.75, 3.05) is 6.54 Å². The van der Waals surface area contributed by atoms with Crippen molar-refractivity contribution in [2.24, 2.45) is 11.8 Å². The molecule has 1 aromatic carbocycles. The van der Waals surface area contributed by atoms with E-state index in [9.17, 15) is 0 Å². The van der Waals surface area contributed by atoms with Gasteiger partial charge in [-0.3, -0.25) is 0 Å². The first-order chi connectivity index (χ1) is 8.24. The van der Waals surface area contributed by atoms with E-state index in [0.29, 0.717) is 6.04 Å². The van der Waals surface area contributed by atoms with Gasteiger partial charge in [-0.05, 0) is 55.7 Å². The molecule has 0 amide bonds. The summed E-state index contributed by atoms with van der Waals surface area (Å²) in [6.45, 7) is 8.01. The van der Waals surface area contributed by atoms with E-state index in [1.165, 1.54) is 30.4 Å². The molecule has 1 aliphatic rings. The fraction of sp³-hybridized carbons (Fsp3) is 0.625. The third-order valence-corrected chi connectivity index (χ3v) is 4.03. The second-order valence-corrected chi connectivity index (χ2v) is 5.48. The Bertz CT molecular complexity index is 354. The summed E-state index contributed by atoms with van der Waals surface area (Å²) in [5, 5.41) is 3.75. The molecule has 1 N–H and O–H groups in total. The van der Waals surface area contributed by atoms with Gasteiger partial charge in [-0.2, -0.15) is 0 Å². The fourth-order valence-corrected chi connectivity index (χ4v) is 2.71. The maximum atomic E-state index is 3.75. The molecule has 0 aromatic heterocycles. The number of aryl methyl sites for hydroxylation is 1. The van der Waals surface area contributed by atoms with Crippen molar-refractivity contribution in [2.45, 2.75) is 46.1 Å². The first kappa shape index (κ1) is 12.6. The Morgan fingerprint density at radius 1 is 1.29 bits per heavy atom. The van der Waals surface area contributed by atoms with Crippen LogP contribution in [0.4, 0.5) is 0 Å². The molecule has 0 saturated heterocycles. The second kappa shape index (κ2) is 5.68. The van der Waals surface area contributed by atoms with Crippen molar-refractivity contribution in [3.8, 4) is 0 Å². The highest BCUT2D eigenvalue weighted by Crippen LogP contribution is 2.43. The van der Waals surface area contributed by atoms with E-state index in [-0.39, 0.29) is 0 Å². The highest BCUT2D eigenvalue weighted by molar-refractivity contribution is 5.29. The molecule has 1 fully saturated rings. The molecule has 2 atom stereocenters. The number of rotatable bonds is 6. The summed E-state index contributed by atoms with van der Waals surface area (Å²) in [5.41, 5.74) is 2.92. The second-order valence-electron chi connectivity index (χ2n) is 5.48. The lowest BCUT2D eigenvalue weighted by molar-refractivity contribution is 0.349. The minimum Gasteiger partial charge on any atom is -0.310 e. The Labute approximate surface area is 106 Å². The van der Waals surface area contributed by atoms with Gasteiger partial charge in [-0.25, -0.2) is 0 Å². The molecule has 1 aromatic rings. The van der Waals surface area contributed by atoms with Crippen LogP contribution in [0.15, 0.2) is 24.3 Å². The summed E-state index contributed by atoms with van der Waals surface area (Å²) in [6.07, 6.45) is 4.06. The molecular weight excluding hydrogens is 206 g/mol. The summed E-state index contributed by atoms with van der Waals surface area (Å²) in [6, 6.07) is 9.38. The minimum atomic E-state index is 0.545. The predicted molar refractivity (Wildman–Crippen MR) is 74.1 cm³/mol. The van der Waals surface area contributed by atoms with E-state index < -0.39 is 0 Å². The predicted octanol–water partition coefficient (Wildman–Crippen LogP) is 4.08. The van der Waals surface area contributed by atoms with E-state index in [4.69, 9.17) is 0 Å². The van der Waals surface area contributed by atoms with Crippen LogP contribution in [0.5, 0.6) is 0 Å². The molecule has 2 unspecified atom stereocenters. The van der Waals surface area contributed by atoms with Crippen molar-refractivity contribution in [3.63, 3.8) is 0 Å². The molecule has 0 radical (unpaired) electrons. The number of nitrogens with one attached hydrogen (secondary N) is 1. The van der Waals surface area contributed by atoms with E-state index in [1.807, 2.05) is 0 Å². The molecule has 1 heteroatoms. The van der Waals surface area contributed by atoms with E-state index in [2.05, 4.69) is 50.4 Å². The minimum absolute atomic E-state index is 0.545. The molecule has 2 rings (SSSR count). The normalized spacial score (nSPS) is 19.0. The monoisotopic (exact) mass is 231 g/mol. The van der Waals surface area contributed by atoms with E-state index >= 15 is 0 Å². The quantitative estimate of drug-likeness (QED) is 0.778. The molecule has 17 heavy (non-hydrogen) atoms. The number of benzene rings is 1. The van der Waals surface area contributed by atoms with Crippen LogP contribution in [0, 0.1) is 18.8 Å². The maximum Gasteiger partial charge on any atom is 0.0351 e. The molecule has 0 aliphatic heterocycles. The zero-order valence-corrected chi connectivity index (χ0v) is 11.4. The van der Waals surface area contributed by atoms with Crippen molar-refractivity contribution < 1.29 is 0 Å². The highest BCUT2D eigenvalue weighted by Gasteiger charge is 2.34. The van der Waals surface area contributed by atoms with Crippen LogP contribution < -0.4 is 5.32 Å². The summed E-state index contributed by atoms with van der Waals surface area (Å²) in [4.78, 5) is 0. The van der Waals surface area contributed by atoms with Crippen molar-refractivity contribution in [3.05, 3.63) is 35.4 Å². The fourth-order valence-electron chi connectivity index (χ4n) is 2.71. The molecule has 0 bridgehead atoms. The average Bonchev–Trinajstić information content (AvgIpc) is 3.15. The van der Waals surface area contributed by atoms with Crippen molar-refractivity contribution in [1.29, 1.82) is 0 Å². The van der Waals surface area contributed by atoms with Gasteiger partial charge in [0, 0.05) is 6.04 Å². The van der Waals surface area contributed by atoms with Crippen LogP contribution in [0.25, 0.3) is 0 Å². The molecule has 0 heterocycles. The Morgan fingerprint density at radius 3 is 2.59 bits per heavy atom. The average molecular weight is 231 g/mol. The Kier molecular flexibility index (Phi) is 4.22. The van der Waals surface area contributed by atoms with Gasteiger partial charge in [-0.1, -0.05) is 38.1 Å². The third-order valence-electron chi connectivity index (χ3n) is 4.03. The summed E-state index contributed by atoms with van der Waals surface area (Å²) < 4.78 is 0. The Hall–Kier alpha value is -0.820. The molecule has 1 saturated carbocycles. The highest BCUT2D eigenvalue weighted by atomic mass is 14.9. The lowest BCUT2D eigenvalue weighted by atomic mass is 9.88. The Morgan fingerprint density at radius 2 is 2.00 bits per heavy atom. The van der Waals surface area contributed by atoms with Gasteiger partial charge in [0.05, 0.1) is 0 Å². The van der Waals surface area contributed by atoms with Crippen LogP contribution in [-0.4, -0.2) is 6.54 Å². The van der Waals surface area contributed by atoms with Crippen LogP contribution in [-0.2, 0) is 0 Å². The largest absolute Gasteiger partial charge is 0.310 e. The van der Waals surface area contributed by atoms with E-state index in [1.54, 1.807) is 0 Å². The zero-order valence-electron chi connectivity index (χ0n) is 11.4. The van der Waals surface area contributed by atoms with Gasteiger partial charge in [0.1, 0.15) is 0 Å². The van der Waals surface area contributed by atoms with Crippen LogP contribution >= 0.6 is 0 Å². The van der Waals surface area contributed by atoms with Gasteiger partial charge in [0.15, 0.2) is 0 Å². The van der Waals surface area contributed by atoms with Gasteiger partial charge in [0.25, 0.3) is 0 Å². The van der Waals surface area contributed by atoms with Crippen molar-refractivity contribution in [1.82, 2.24) is 5.32 Å². The number of hydrogen-bond acceptors (Lipinski definition) is 1. The molecule has 94 valence electrons. The van der Waals surface area contributed by atoms with Crippen LogP contribution in [0.1, 0.15) is 50.3 Å².